The largest absolute Gasteiger partial charge is 0.326 e. The smallest absolute Gasteiger partial charge is 0.234 e. The molecule has 3 aromatic rings. The van der Waals surface area contributed by atoms with Gasteiger partial charge in [0.05, 0.1) is 11.6 Å². The lowest BCUT2D eigenvalue weighted by Crippen LogP contribution is -2.30. The Morgan fingerprint density at radius 3 is 2.92 bits per heavy atom. The average molecular weight is 428 g/mol. The van der Waals surface area contributed by atoms with Crippen LogP contribution >= 0.6 is 27.3 Å². The number of carbonyl (C=O) groups excluding carboxylic acids is 2. The first-order chi connectivity index (χ1) is 12.6. The summed E-state index contributed by atoms with van der Waals surface area (Å²) in [6.07, 6.45) is 0.132. The third-order valence-corrected chi connectivity index (χ3v) is 5.42. The fourth-order valence-electron chi connectivity index (χ4n) is 2.95. The molecular formula is C19H14BrN3O2S. The second kappa shape index (κ2) is 7.01. The van der Waals surface area contributed by atoms with Crippen molar-refractivity contribution in [3.05, 3.63) is 63.9 Å². The summed E-state index contributed by atoms with van der Waals surface area (Å²) >= 11 is 4.81. The number of hydrogen-bond acceptors (Lipinski definition) is 4. The minimum absolute atomic E-state index is 0.132. The molecule has 2 heterocycles. The van der Waals surface area contributed by atoms with Gasteiger partial charge in [-0.15, -0.1) is 11.3 Å². The van der Waals surface area contributed by atoms with Crippen LogP contribution in [0.25, 0.3) is 11.3 Å². The summed E-state index contributed by atoms with van der Waals surface area (Å²) in [5.74, 6) is -0.890. The van der Waals surface area contributed by atoms with Gasteiger partial charge in [-0.25, -0.2) is 4.98 Å². The van der Waals surface area contributed by atoms with Crippen molar-refractivity contribution in [1.82, 2.24) is 4.98 Å². The Bertz CT molecular complexity index is 1000. The average Bonchev–Trinajstić information content (AvgIpc) is 3.09. The molecular weight excluding hydrogens is 414 g/mol. The van der Waals surface area contributed by atoms with Gasteiger partial charge >= 0.3 is 0 Å². The lowest BCUT2D eigenvalue weighted by atomic mass is 9.90. The van der Waals surface area contributed by atoms with Crippen LogP contribution < -0.4 is 10.6 Å². The minimum Gasteiger partial charge on any atom is -0.326 e. The molecule has 2 aromatic carbocycles. The Morgan fingerprint density at radius 1 is 1.23 bits per heavy atom. The number of thiazole rings is 1. The van der Waals surface area contributed by atoms with Crippen molar-refractivity contribution in [2.75, 3.05) is 10.6 Å². The summed E-state index contributed by atoms with van der Waals surface area (Å²) in [5, 5.41) is 8.08. The Labute approximate surface area is 162 Å². The molecule has 1 unspecified atom stereocenters. The van der Waals surface area contributed by atoms with E-state index >= 15 is 0 Å². The molecule has 0 radical (unpaired) electrons. The van der Waals surface area contributed by atoms with Crippen molar-refractivity contribution < 1.29 is 9.59 Å². The molecule has 130 valence electrons. The fraction of sp³-hybridized carbons (Fsp3) is 0.105. The van der Waals surface area contributed by atoms with Crippen molar-refractivity contribution >= 4 is 49.9 Å². The number of fused-ring (bicyclic) bond motifs is 1. The Kier molecular flexibility index (Phi) is 4.57. The second-order valence-corrected chi connectivity index (χ2v) is 7.70. The summed E-state index contributed by atoms with van der Waals surface area (Å²) in [4.78, 5) is 29.1. The monoisotopic (exact) mass is 427 g/mol. The van der Waals surface area contributed by atoms with E-state index in [1.807, 2.05) is 47.8 Å². The zero-order chi connectivity index (χ0) is 18.1. The zero-order valence-corrected chi connectivity index (χ0v) is 15.9. The molecule has 1 aliphatic rings. The molecule has 1 aliphatic heterocycles. The summed E-state index contributed by atoms with van der Waals surface area (Å²) in [6.45, 7) is 0. The SMILES string of the molecule is O=C1CC(C(=O)Nc2nc(-c3cccc(Br)c3)cs2)c2ccccc2N1. The Balaban J connectivity index is 1.55. The van der Waals surface area contributed by atoms with Gasteiger partial charge < -0.3 is 10.6 Å². The van der Waals surface area contributed by atoms with Crippen LogP contribution in [-0.4, -0.2) is 16.8 Å². The molecule has 1 aromatic heterocycles. The predicted octanol–water partition coefficient (Wildman–Crippen LogP) is 4.64. The molecule has 7 heteroatoms. The summed E-state index contributed by atoms with van der Waals surface area (Å²) < 4.78 is 0.971. The molecule has 2 amide bonds. The highest BCUT2D eigenvalue weighted by Crippen LogP contribution is 2.33. The summed E-state index contributed by atoms with van der Waals surface area (Å²) in [5.41, 5.74) is 3.29. The number of nitrogens with one attached hydrogen (secondary N) is 2. The molecule has 5 nitrogen and oxygen atoms in total. The molecule has 0 bridgehead atoms. The first-order valence-electron chi connectivity index (χ1n) is 8.01. The lowest BCUT2D eigenvalue weighted by molar-refractivity contribution is -0.123. The molecule has 0 aliphatic carbocycles. The number of carbonyl (C=O) groups is 2. The van der Waals surface area contributed by atoms with E-state index in [9.17, 15) is 9.59 Å². The maximum Gasteiger partial charge on any atom is 0.234 e. The van der Waals surface area contributed by atoms with Gasteiger partial charge in [0.1, 0.15) is 0 Å². The normalized spacial score (nSPS) is 15.9. The molecule has 0 saturated heterocycles. The van der Waals surface area contributed by atoms with Crippen LogP contribution in [0.4, 0.5) is 10.8 Å². The van der Waals surface area contributed by atoms with E-state index in [-0.39, 0.29) is 18.2 Å². The molecule has 26 heavy (non-hydrogen) atoms. The number of hydrogen-bond donors (Lipinski definition) is 2. The van der Waals surface area contributed by atoms with Crippen molar-refractivity contribution in [3.63, 3.8) is 0 Å². The van der Waals surface area contributed by atoms with Crippen LogP contribution in [-0.2, 0) is 9.59 Å². The van der Waals surface area contributed by atoms with E-state index < -0.39 is 5.92 Å². The summed E-state index contributed by atoms with van der Waals surface area (Å²) in [7, 11) is 0. The molecule has 1 atom stereocenters. The number of nitrogens with zero attached hydrogens (tertiary/aromatic N) is 1. The maximum atomic E-state index is 12.7. The van der Waals surface area contributed by atoms with Gasteiger partial charge in [0.25, 0.3) is 0 Å². The van der Waals surface area contributed by atoms with Crippen LogP contribution in [0.3, 0.4) is 0 Å². The second-order valence-electron chi connectivity index (χ2n) is 5.93. The number of para-hydroxylation sites is 1. The van der Waals surface area contributed by atoms with Crippen LogP contribution in [0.2, 0.25) is 0 Å². The Morgan fingerprint density at radius 2 is 2.08 bits per heavy atom. The molecule has 4 rings (SSSR count). The first kappa shape index (κ1) is 16.9. The molecule has 0 spiro atoms. The third kappa shape index (κ3) is 3.40. The molecule has 0 fully saturated rings. The maximum absolute atomic E-state index is 12.7. The van der Waals surface area contributed by atoms with E-state index in [1.54, 1.807) is 6.07 Å². The van der Waals surface area contributed by atoms with Gasteiger partial charge in [-0.2, -0.15) is 0 Å². The van der Waals surface area contributed by atoms with Crippen LogP contribution in [0, 0.1) is 0 Å². The van der Waals surface area contributed by atoms with E-state index in [1.165, 1.54) is 11.3 Å². The van der Waals surface area contributed by atoms with E-state index in [4.69, 9.17) is 0 Å². The van der Waals surface area contributed by atoms with Gasteiger partial charge in [-0.1, -0.05) is 46.3 Å². The highest BCUT2D eigenvalue weighted by molar-refractivity contribution is 9.10. The Hall–Kier alpha value is -2.51. The van der Waals surface area contributed by atoms with Crippen LogP contribution in [0.5, 0.6) is 0 Å². The highest BCUT2D eigenvalue weighted by atomic mass is 79.9. The van der Waals surface area contributed by atoms with Gasteiger partial charge in [-0.3, -0.25) is 9.59 Å². The summed E-state index contributed by atoms with van der Waals surface area (Å²) in [6, 6.07) is 15.2. The van der Waals surface area contributed by atoms with Crippen molar-refractivity contribution in [2.24, 2.45) is 0 Å². The van der Waals surface area contributed by atoms with Gasteiger partial charge in [-0.05, 0) is 23.8 Å². The van der Waals surface area contributed by atoms with Crippen molar-refractivity contribution in [3.8, 4) is 11.3 Å². The highest BCUT2D eigenvalue weighted by Gasteiger charge is 2.30. The number of aromatic nitrogens is 1. The molecule has 0 saturated carbocycles. The topological polar surface area (TPSA) is 71.1 Å². The number of benzene rings is 2. The number of halogens is 1. The van der Waals surface area contributed by atoms with Gasteiger partial charge in [0.15, 0.2) is 5.13 Å². The van der Waals surface area contributed by atoms with Gasteiger partial charge in [0, 0.05) is 27.5 Å². The minimum atomic E-state index is -0.516. The van der Waals surface area contributed by atoms with E-state index in [0.717, 1.165) is 21.3 Å². The van der Waals surface area contributed by atoms with Gasteiger partial charge in [0.2, 0.25) is 11.8 Å². The first-order valence-corrected chi connectivity index (χ1v) is 9.68. The van der Waals surface area contributed by atoms with Crippen molar-refractivity contribution in [2.45, 2.75) is 12.3 Å². The lowest BCUT2D eigenvalue weighted by Gasteiger charge is -2.24. The quantitative estimate of drug-likeness (QED) is 0.639. The van der Waals surface area contributed by atoms with Crippen LogP contribution in [0.15, 0.2) is 58.4 Å². The van der Waals surface area contributed by atoms with E-state index in [2.05, 4.69) is 31.5 Å². The zero-order valence-electron chi connectivity index (χ0n) is 13.5. The number of amides is 2. The standard InChI is InChI=1S/C19H14BrN3O2S/c20-12-5-3-4-11(8-12)16-10-26-19(22-16)23-18(25)14-9-17(24)21-15-7-2-1-6-13(14)15/h1-8,10,14H,9H2,(H,21,24)(H,22,23,25). The predicted molar refractivity (Wildman–Crippen MR) is 106 cm³/mol. The van der Waals surface area contributed by atoms with Crippen LogP contribution in [0.1, 0.15) is 17.9 Å². The van der Waals surface area contributed by atoms with Crippen molar-refractivity contribution in [1.29, 1.82) is 0 Å². The van der Waals surface area contributed by atoms with E-state index in [0.29, 0.717) is 10.8 Å². The molecule has 2 N–H and O–H groups in total. The number of rotatable bonds is 3. The third-order valence-electron chi connectivity index (χ3n) is 4.17. The fourth-order valence-corrected chi connectivity index (χ4v) is 4.07. The number of anilines is 2.